The van der Waals surface area contributed by atoms with Crippen molar-refractivity contribution < 1.29 is 5.11 Å². The molecule has 0 aromatic rings. The Bertz CT molecular complexity index is 111. The number of aliphatic hydroxyl groups is 1. The summed E-state index contributed by atoms with van der Waals surface area (Å²) in [6.45, 7) is 12.8. The minimum atomic E-state index is -0.533. The van der Waals surface area contributed by atoms with Crippen molar-refractivity contribution in [3.63, 3.8) is 0 Å². The van der Waals surface area contributed by atoms with Gasteiger partial charge in [-0.05, 0) is 6.92 Å². The summed E-state index contributed by atoms with van der Waals surface area (Å²) in [5.74, 6) is 0. The van der Waals surface area contributed by atoms with E-state index in [2.05, 4.69) is 20.1 Å². The van der Waals surface area contributed by atoms with Crippen LogP contribution >= 0.6 is 0 Å². The Balaban J connectivity index is 3.67. The lowest BCUT2D eigenvalue weighted by molar-refractivity contribution is 0.160. The van der Waals surface area contributed by atoms with Crippen LogP contribution in [-0.2, 0) is 0 Å². The van der Waals surface area contributed by atoms with Gasteiger partial charge >= 0.3 is 0 Å². The maximum Gasteiger partial charge on any atom is 0.0668 e. The van der Waals surface area contributed by atoms with Crippen molar-refractivity contribution >= 4 is 0 Å². The molecule has 1 N–H and O–H groups in total. The molecule has 0 spiro atoms. The zero-order valence-corrected chi connectivity index (χ0v) is 6.87. The molecule has 2 heteroatoms. The molecule has 0 saturated carbocycles. The van der Waals surface area contributed by atoms with Gasteiger partial charge in [-0.1, -0.05) is 12.2 Å². The SMILES string of the molecule is [CH2]C(O)CN(CC=C)CC=C. The van der Waals surface area contributed by atoms with E-state index in [-0.39, 0.29) is 0 Å². The highest BCUT2D eigenvalue weighted by molar-refractivity contribution is 4.81. The molecule has 0 aromatic carbocycles. The first kappa shape index (κ1) is 10.4. The highest BCUT2D eigenvalue weighted by Crippen LogP contribution is 1.91. The maximum atomic E-state index is 8.95. The van der Waals surface area contributed by atoms with Crippen molar-refractivity contribution in [2.45, 2.75) is 6.10 Å². The Labute approximate surface area is 68.8 Å². The van der Waals surface area contributed by atoms with E-state index in [9.17, 15) is 0 Å². The number of hydrogen-bond acceptors (Lipinski definition) is 2. The van der Waals surface area contributed by atoms with Gasteiger partial charge in [0.15, 0.2) is 0 Å². The molecule has 0 bridgehead atoms. The summed E-state index contributed by atoms with van der Waals surface area (Å²) < 4.78 is 0. The van der Waals surface area contributed by atoms with Crippen LogP contribution in [0.3, 0.4) is 0 Å². The predicted octanol–water partition coefficient (Wildman–Crippen LogP) is 0.855. The lowest BCUT2D eigenvalue weighted by Crippen LogP contribution is -2.31. The molecule has 11 heavy (non-hydrogen) atoms. The van der Waals surface area contributed by atoms with Gasteiger partial charge in [-0.15, -0.1) is 13.2 Å². The van der Waals surface area contributed by atoms with E-state index in [1.165, 1.54) is 0 Å². The zero-order chi connectivity index (χ0) is 8.69. The Morgan fingerprint density at radius 1 is 1.27 bits per heavy atom. The summed E-state index contributed by atoms with van der Waals surface area (Å²) in [5, 5.41) is 8.95. The van der Waals surface area contributed by atoms with E-state index >= 15 is 0 Å². The van der Waals surface area contributed by atoms with Crippen LogP contribution in [0.15, 0.2) is 25.3 Å². The van der Waals surface area contributed by atoms with E-state index < -0.39 is 6.10 Å². The molecule has 0 aliphatic heterocycles. The topological polar surface area (TPSA) is 23.5 Å². The summed E-state index contributed by atoms with van der Waals surface area (Å²) >= 11 is 0. The van der Waals surface area contributed by atoms with E-state index in [0.717, 1.165) is 13.1 Å². The molecule has 0 saturated heterocycles. The lowest BCUT2D eigenvalue weighted by Gasteiger charge is -2.19. The number of aliphatic hydroxyl groups excluding tert-OH is 1. The quantitative estimate of drug-likeness (QED) is 0.573. The fourth-order valence-electron chi connectivity index (χ4n) is 0.887. The predicted molar refractivity (Wildman–Crippen MR) is 48.2 cm³/mol. The van der Waals surface area contributed by atoms with E-state index in [1.807, 2.05) is 4.90 Å². The zero-order valence-electron chi connectivity index (χ0n) is 6.87. The van der Waals surface area contributed by atoms with Gasteiger partial charge in [0, 0.05) is 19.6 Å². The van der Waals surface area contributed by atoms with Gasteiger partial charge in [-0.25, -0.2) is 0 Å². The van der Waals surface area contributed by atoms with Crippen LogP contribution in [0, 0.1) is 6.92 Å². The van der Waals surface area contributed by atoms with Crippen molar-refractivity contribution in [1.82, 2.24) is 4.90 Å². The number of hydrogen-bond donors (Lipinski definition) is 1. The highest BCUT2D eigenvalue weighted by Gasteiger charge is 2.03. The molecule has 1 radical (unpaired) electrons. The molecule has 2 nitrogen and oxygen atoms in total. The first-order valence-electron chi connectivity index (χ1n) is 3.66. The van der Waals surface area contributed by atoms with Crippen LogP contribution in [-0.4, -0.2) is 35.7 Å². The van der Waals surface area contributed by atoms with Crippen molar-refractivity contribution in [2.24, 2.45) is 0 Å². The second-order valence-electron chi connectivity index (χ2n) is 2.45. The van der Waals surface area contributed by atoms with Gasteiger partial charge in [0.1, 0.15) is 0 Å². The number of nitrogens with zero attached hydrogens (tertiary/aromatic N) is 1. The Kier molecular flexibility index (Phi) is 5.80. The number of rotatable bonds is 6. The first-order chi connectivity index (χ1) is 5.20. The lowest BCUT2D eigenvalue weighted by atomic mass is 10.3. The summed E-state index contributed by atoms with van der Waals surface area (Å²) in [7, 11) is 0. The smallest absolute Gasteiger partial charge is 0.0668 e. The molecular weight excluding hydrogens is 138 g/mol. The minimum absolute atomic E-state index is 0.533. The van der Waals surface area contributed by atoms with Crippen LogP contribution in [0.5, 0.6) is 0 Å². The van der Waals surface area contributed by atoms with Gasteiger partial charge in [0.05, 0.1) is 6.10 Å². The molecule has 1 unspecified atom stereocenters. The van der Waals surface area contributed by atoms with Crippen LogP contribution in [0.4, 0.5) is 0 Å². The fraction of sp³-hybridized carbons (Fsp3) is 0.444. The molecule has 0 aromatic heterocycles. The summed E-state index contributed by atoms with van der Waals surface area (Å²) in [5.41, 5.74) is 0. The average Bonchev–Trinajstić information content (AvgIpc) is 1.87. The average molecular weight is 154 g/mol. The van der Waals surface area contributed by atoms with Crippen molar-refractivity contribution in [3.8, 4) is 0 Å². The first-order valence-corrected chi connectivity index (χ1v) is 3.66. The minimum Gasteiger partial charge on any atom is -0.392 e. The van der Waals surface area contributed by atoms with Crippen molar-refractivity contribution in [1.29, 1.82) is 0 Å². The molecule has 0 amide bonds. The molecule has 0 aliphatic carbocycles. The standard InChI is InChI=1S/C9H16NO/c1-4-6-10(7-5-2)8-9(3)11/h4-5,9,11H,1-3,6-8H2. The molecule has 0 fully saturated rings. The molecule has 0 heterocycles. The van der Waals surface area contributed by atoms with Gasteiger partial charge in [0.25, 0.3) is 0 Å². The van der Waals surface area contributed by atoms with Gasteiger partial charge < -0.3 is 5.11 Å². The third-order valence-electron chi connectivity index (χ3n) is 1.24. The fourth-order valence-corrected chi connectivity index (χ4v) is 0.887. The Morgan fingerprint density at radius 2 is 1.73 bits per heavy atom. The third-order valence-corrected chi connectivity index (χ3v) is 1.24. The largest absolute Gasteiger partial charge is 0.392 e. The Morgan fingerprint density at radius 3 is 2.00 bits per heavy atom. The molecular formula is C9H16NO. The molecule has 0 aliphatic rings. The Hall–Kier alpha value is -0.600. The molecule has 1 atom stereocenters. The third kappa shape index (κ3) is 5.83. The second-order valence-corrected chi connectivity index (χ2v) is 2.45. The summed E-state index contributed by atoms with van der Waals surface area (Å²) in [4.78, 5) is 2.01. The van der Waals surface area contributed by atoms with Crippen molar-refractivity contribution in [3.05, 3.63) is 32.2 Å². The van der Waals surface area contributed by atoms with Crippen LogP contribution in [0.25, 0.3) is 0 Å². The van der Waals surface area contributed by atoms with Crippen LogP contribution in [0.1, 0.15) is 0 Å². The summed E-state index contributed by atoms with van der Waals surface area (Å²) in [6, 6.07) is 0. The molecule has 0 rings (SSSR count). The highest BCUT2D eigenvalue weighted by atomic mass is 16.3. The van der Waals surface area contributed by atoms with Gasteiger partial charge in [-0.3, -0.25) is 4.90 Å². The second kappa shape index (κ2) is 6.13. The van der Waals surface area contributed by atoms with E-state index in [4.69, 9.17) is 5.11 Å². The summed E-state index contributed by atoms with van der Waals surface area (Å²) in [6.07, 6.45) is 3.06. The van der Waals surface area contributed by atoms with E-state index in [0.29, 0.717) is 6.54 Å². The van der Waals surface area contributed by atoms with Gasteiger partial charge in [0.2, 0.25) is 0 Å². The normalized spacial score (nSPS) is 13.0. The molecule has 63 valence electrons. The van der Waals surface area contributed by atoms with E-state index in [1.54, 1.807) is 12.2 Å². The maximum absolute atomic E-state index is 8.95. The van der Waals surface area contributed by atoms with Gasteiger partial charge in [-0.2, -0.15) is 0 Å². The van der Waals surface area contributed by atoms with Crippen LogP contribution < -0.4 is 0 Å². The monoisotopic (exact) mass is 154 g/mol. The van der Waals surface area contributed by atoms with Crippen LogP contribution in [0.2, 0.25) is 0 Å². The van der Waals surface area contributed by atoms with Crippen molar-refractivity contribution in [2.75, 3.05) is 19.6 Å².